The van der Waals surface area contributed by atoms with E-state index in [-0.39, 0.29) is 23.8 Å². The maximum atomic E-state index is 12.7. The SMILES string of the molecule is CC(=O)c1ccc(O[C@@H](C)C(=O)O[C@H](C)C(=O)N2[C@@H](C)CCC[C@@H]2C)cc1. The molecule has 2 rings (SSSR count). The lowest BCUT2D eigenvalue weighted by molar-refractivity contribution is -0.166. The van der Waals surface area contributed by atoms with Crippen LogP contribution in [-0.4, -0.2) is 46.9 Å². The van der Waals surface area contributed by atoms with Crippen molar-refractivity contribution in [2.45, 2.75) is 78.2 Å². The molecule has 0 saturated carbocycles. The minimum absolute atomic E-state index is 0.0393. The van der Waals surface area contributed by atoms with Gasteiger partial charge in [-0.3, -0.25) is 9.59 Å². The molecule has 0 radical (unpaired) electrons. The molecular formula is C21H29NO5. The first kappa shape index (κ1) is 20.9. The summed E-state index contributed by atoms with van der Waals surface area (Å²) >= 11 is 0. The Morgan fingerprint density at radius 2 is 1.56 bits per heavy atom. The third-order valence-electron chi connectivity index (χ3n) is 4.99. The molecule has 6 nitrogen and oxygen atoms in total. The number of ketones is 1. The molecule has 6 heteroatoms. The normalized spacial score (nSPS) is 21.9. The van der Waals surface area contributed by atoms with Crippen LogP contribution in [0.2, 0.25) is 0 Å². The van der Waals surface area contributed by atoms with Gasteiger partial charge in [-0.25, -0.2) is 4.79 Å². The molecule has 1 aromatic rings. The van der Waals surface area contributed by atoms with Crippen molar-refractivity contribution in [3.63, 3.8) is 0 Å². The van der Waals surface area contributed by atoms with Crippen molar-refractivity contribution in [1.82, 2.24) is 4.90 Å². The van der Waals surface area contributed by atoms with Crippen molar-refractivity contribution < 1.29 is 23.9 Å². The van der Waals surface area contributed by atoms with Gasteiger partial charge in [0, 0.05) is 17.6 Å². The molecule has 1 aliphatic rings. The number of benzene rings is 1. The van der Waals surface area contributed by atoms with Gasteiger partial charge in [-0.15, -0.1) is 0 Å². The van der Waals surface area contributed by atoms with Gasteiger partial charge in [-0.2, -0.15) is 0 Å². The van der Waals surface area contributed by atoms with E-state index in [0.29, 0.717) is 11.3 Å². The molecule has 0 spiro atoms. The number of amides is 1. The molecule has 0 aromatic heterocycles. The van der Waals surface area contributed by atoms with Gasteiger partial charge < -0.3 is 14.4 Å². The number of ether oxygens (including phenoxy) is 2. The van der Waals surface area contributed by atoms with Crippen LogP contribution in [0.1, 0.15) is 64.2 Å². The molecular weight excluding hydrogens is 346 g/mol. The van der Waals surface area contributed by atoms with Crippen LogP contribution in [0.4, 0.5) is 0 Å². The second-order valence-corrected chi connectivity index (χ2v) is 7.29. The summed E-state index contributed by atoms with van der Waals surface area (Å²) in [7, 11) is 0. The fourth-order valence-electron chi connectivity index (χ4n) is 3.41. The third-order valence-corrected chi connectivity index (χ3v) is 4.99. The number of carbonyl (C=O) groups is 3. The Bertz CT molecular complexity index is 674. The van der Waals surface area contributed by atoms with Crippen molar-refractivity contribution in [3.8, 4) is 5.75 Å². The maximum Gasteiger partial charge on any atom is 0.347 e. The Morgan fingerprint density at radius 3 is 2.07 bits per heavy atom. The zero-order chi connectivity index (χ0) is 20.1. The molecule has 0 aliphatic carbocycles. The average Bonchev–Trinajstić information content (AvgIpc) is 2.61. The average molecular weight is 375 g/mol. The van der Waals surface area contributed by atoms with Crippen molar-refractivity contribution in [2.75, 3.05) is 0 Å². The topological polar surface area (TPSA) is 72.9 Å². The highest BCUT2D eigenvalue weighted by atomic mass is 16.6. The third kappa shape index (κ3) is 5.31. The number of hydrogen-bond donors (Lipinski definition) is 0. The molecule has 1 saturated heterocycles. The molecule has 148 valence electrons. The maximum absolute atomic E-state index is 12.7. The summed E-state index contributed by atoms with van der Waals surface area (Å²) in [6.45, 7) is 8.71. The molecule has 27 heavy (non-hydrogen) atoms. The van der Waals surface area contributed by atoms with E-state index in [9.17, 15) is 14.4 Å². The number of hydrogen-bond acceptors (Lipinski definition) is 5. The summed E-state index contributed by atoms with van der Waals surface area (Å²) in [6.07, 6.45) is 1.32. The number of esters is 1. The van der Waals surface area contributed by atoms with Gasteiger partial charge in [0.25, 0.3) is 5.91 Å². The van der Waals surface area contributed by atoms with Crippen LogP contribution in [0.5, 0.6) is 5.75 Å². The smallest absolute Gasteiger partial charge is 0.347 e. The number of likely N-dealkylation sites (tertiary alicyclic amines) is 1. The van der Waals surface area contributed by atoms with E-state index in [2.05, 4.69) is 0 Å². The monoisotopic (exact) mass is 375 g/mol. The molecule has 1 amide bonds. The Labute approximate surface area is 160 Å². The predicted molar refractivity (Wildman–Crippen MR) is 102 cm³/mol. The molecule has 1 fully saturated rings. The lowest BCUT2D eigenvalue weighted by Gasteiger charge is -2.40. The van der Waals surface area contributed by atoms with Crippen molar-refractivity contribution in [2.24, 2.45) is 0 Å². The van der Waals surface area contributed by atoms with Gasteiger partial charge in [-0.1, -0.05) is 0 Å². The Hall–Kier alpha value is -2.37. The highest BCUT2D eigenvalue weighted by molar-refractivity contribution is 5.94. The summed E-state index contributed by atoms with van der Waals surface area (Å²) in [6, 6.07) is 6.84. The van der Waals surface area contributed by atoms with Crippen LogP contribution in [0.3, 0.4) is 0 Å². The lowest BCUT2D eigenvalue weighted by atomic mass is 9.97. The fourth-order valence-corrected chi connectivity index (χ4v) is 3.41. The molecule has 0 bridgehead atoms. The van der Waals surface area contributed by atoms with Crippen LogP contribution in [-0.2, 0) is 14.3 Å². The van der Waals surface area contributed by atoms with Crippen LogP contribution >= 0.6 is 0 Å². The first-order valence-corrected chi connectivity index (χ1v) is 9.51. The summed E-state index contributed by atoms with van der Waals surface area (Å²) < 4.78 is 10.9. The standard InChI is InChI=1S/C21H29NO5/c1-13-7-6-8-14(2)22(13)20(24)16(4)27-21(25)17(5)26-19-11-9-18(10-12-19)15(3)23/h9-14,16-17H,6-8H2,1-5H3/t13-,14-,16+,17-/m0/s1. The van der Waals surface area contributed by atoms with E-state index in [0.717, 1.165) is 19.3 Å². The summed E-state index contributed by atoms with van der Waals surface area (Å²) in [5.74, 6) is -0.339. The first-order valence-electron chi connectivity index (χ1n) is 9.51. The van der Waals surface area contributed by atoms with Crippen LogP contribution in [0.15, 0.2) is 24.3 Å². The van der Waals surface area contributed by atoms with Crippen molar-refractivity contribution >= 4 is 17.7 Å². The molecule has 1 aliphatic heterocycles. The van der Waals surface area contributed by atoms with Gasteiger partial charge in [0.15, 0.2) is 18.0 Å². The van der Waals surface area contributed by atoms with Gasteiger partial charge in [0.05, 0.1) is 0 Å². The van der Waals surface area contributed by atoms with E-state index in [4.69, 9.17) is 9.47 Å². The van der Waals surface area contributed by atoms with E-state index in [1.807, 2.05) is 18.7 Å². The zero-order valence-electron chi connectivity index (χ0n) is 16.7. The van der Waals surface area contributed by atoms with Crippen molar-refractivity contribution in [3.05, 3.63) is 29.8 Å². The Balaban J connectivity index is 1.92. The van der Waals surface area contributed by atoms with Crippen LogP contribution < -0.4 is 4.74 Å². The fraction of sp³-hybridized carbons (Fsp3) is 0.571. The number of rotatable bonds is 6. The second-order valence-electron chi connectivity index (χ2n) is 7.29. The first-order chi connectivity index (χ1) is 12.7. The number of piperidine rings is 1. The van der Waals surface area contributed by atoms with E-state index >= 15 is 0 Å². The van der Waals surface area contributed by atoms with E-state index in [1.165, 1.54) is 6.92 Å². The number of nitrogens with zero attached hydrogens (tertiary/aromatic N) is 1. The quantitative estimate of drug-likeness (QED) is 0.563. The largest absolute Gasteiger partial charge is 0.479 e. The molecule has 1 heterocycles. The Kier molecular flexibility index (Phi) is 6.99. The highest BCUT2D eigenvalue weighted by Gasteiger charge is 2.34. The molecule has 1 aromatic carbocycles. The summed E-state index contributed by atoms with van der Waals surface area (Å²) in [5, 5.41) is 0. The highest BCUT2D eigenvalue weighted by Crippen LogP contribution is 2.24. The zero-order valence-corrected chi connectivity index (χ0v) is 16.7. The van der Waals surface area contributed by atoms with Gasteiger partial charge >= 0.3 is 5.97 Å². The van der Waals surface area contributed by atoms with Crippen LogP contribution in [0.25, 0.3) is 0 Å². The predicted octanol–water partition coefficient (Wildman–Crippen LogP) is 3.38. The van der Waals surface area contributed by atoms with E-state index in [1.54, 1.807) is 38.1 Å². The van der Waals surface area contributed by atoms with E-state index < -0.39 is 18.2 Å². The van der Waals surface area contributed by atoms with Crippen molar-refractivity contribution in [1.29, 1.82) is 0 Å². The Morgan fingerprint density at radius 1 is 1.00 bits per heavy atom. The number of Topliss-reactive ketones (excluding diaryl/α,β-unsaturated/α-hetero) is 1. The summed E-state index contributed by atoms with van der Waals surface area (Å²) in [4.78, 5) is 38.1. The number of carbonyl (C=O) groups excluding carboxylic acids is 3. The van der Waals surface area contributed by atoms with Gasteiger partial charge in [0.1, 0.15) is 5.75 Å². The molecule has 0 N–H and O–H groups in total. The lowest BCUT2D eigenvalue weighted by Crippen LogP contribution is -2.52. The minimum Gasteiger partial charge on any atom is -0.479 e. The second kappa shape index (κ2) is 9.02. The van der Waals surface area contributed by atoms with Gasteiger partial charge in [0.2, 0.25) is 0 Å². The molecule has 4 atom stereocenters. The minimum atomic E-state index is -0.861. The summed E-state index contributed by atoms with van der Waals surface area (Å²) in [5.41, 5.74) is 0.571. The van der Waals surface area contributed by atoms with Gasteiger partial charge in [-0.05, 0) is 78.1 Å². The molecule has 0 unspecified atom stereocenters. The van der Waals surface area contributed by atoms with Crippen LogP contribution in [0, 0.1) is 0 Å².